The fourth-order valence-electron chi connectivity index (χ4n) is 4.35. The van der Waals surface area contributed by atoms with E-state index in [1.165, 1.54) is 29.5 Å². The molecule has 2 aliphatic heterocycles. The average Bonchev–Trinajstić information content (AvgIpc) is 2.94. The average molecular weight is 328 g/mol. The number of piperidine rings is 1. The number of H-pyrrole nitrogens is 1. The standard InChI is InChI=1S/C19H28N4O/c1-13-10-23(11-14(2)24-13)12-17-16-6-4-8-21-19(16)22-18(17)15-5-3-7-20-9-15/h4,6,8,13-15,20H,3,5,7,9-12H2,1-2H3,(H,21,22)/t13-,14-,15+/m1/s1. The van der Waals surface area contributed by atoms with Crippen molar-refractivity contribution in [3.05, 3.63) is 29.6 Å². The van der Waals surface area contributed by atoms with Gasteiger partial charge in [0.05, 0.1) is 12.2 Å². The Morgan fingerprint density at radius 3 is 2.88 bits per heavy atom. The van der Waals surface area contributed by atoms with Gasteiger partial charge >= 0.3 is 0 Å². The van der Waals surface area contributed by atoms with Crippen molar-refractivity contribution < 1.29 is 4.74 Å². The molecule has 2 aliphatic rings. The Kier molecular flexibility index (Phi) is 4.57. The minimum absolute atomic E-state index is 0.303. The first-order chi connectivity index (χ1) is 11.7. The maximum atomic E-state index is 5.90. The second-order valence-corrected chi connectivity index (χ2v) is 7.41. The van der Waals surface area contributed by atoms with E-state index < -0.39 is 0 Å². The first kappa shape index (κ1) is 16.1. The molecule has 5 nitrogen and oxygen atoms in total. The molecule has 2 aromatic rings. The number of aromatic amines is 1. The highest BCUT2D eigenvalue weighted by atomic mass is 16.5. The summed E-state index contributed by atoms with van der Waals surface area (Å²) in [6, 6.07) is 4.26. The molecule has 0 saturated carbocycles. The number of nitrogens with zero attached hydrogens (tertiary/aromatic N) is 2. The number of pyridine rings is 1. The molecule has 0 aliphatic carbocycles. The second kappa shape index (κ2) is 6.82. The molecule has 5 heteroatoms. The van der Waals surface area contributed by atoms with Crippen molar-refractivity contribution in [2.24, 2.45) is 0 Å². The second-order valence-electron chi connectivity index (χ2n) is 7.41. The third-order valence-corrected chi connectivity index (χ3v) is 5.29. The summed E-state index contributed by atoms with van der Waals surface area (Å²) in [5.41, 5.74) is 3.86. The zero-order valence-electron chi connectivity index (χ0n) is 14.7. The minimum Gasteiger partial charge on any atom is -0.373 e. The first-order valence-corrected chi connectivity index (χ1v) is 9.24. The predicted octanol–water partition coefficient (Wildman–Crippen LogP) is 2.64. The van der Waals surface area contributed by atoms with Crippen LogP contribution in [-0.4, -0.2) is 53.3 Å². The summed E-state index contributed by atoms with van der Waals surface area (Å²) in [6.45, 7) is 9.53. The summed E-state index contributed by atoms with van der Waals surface area (Å²) in [5.74, 6) is 0.568. The molecule has 0 spiro atoms. The van der Waals surface area contributed by atoms with E-state index in [1.54, 1.807) is 0 Å². The molecule has 4 heterocycles. The van der Waals surface area contributed by atoms with Gasteiger partial charge in [0, 0.05) is 49.4 Å². The van der Waals surface area contributed by atoms with Crippen LogP contribution in [0.3, 0.4) is 0 Å². The van der Waals surface area contributed by atoms with Crippen molar-refractivity contribution in [2.45, 2.75) is 51.4 Å². The molecule has 2 aromatic heterocycles. The van der Waals surface area contributed by atoms with Gasteiger partial charge in [-0.25, -0.2) is 4.98 Å². The van der Waals surface area contributed by atoms with Gasteiger partial charge < -0.3 is 15.0 Å². The van der Waals surface area contributed by atoms with Crippen LogP contribution in [0.25, 0.3) is 11.0 Å². The molecular formula is C19H28N4O. The van der Waals surface area contributed by atoms with E-state index >= 15 is 0 Å². The highest BCUT2D eigenvalue weighted by Crippen LogP contribution is 2.32. The Morgan fingerprint density at radius 2 is 2.12 bits per heavy atom. The van der Waals surface area contributed by atoms with Crippen molar-refractivity contribution in [3.63, 3.8) is 0 Å². The lowest BCUT2D eigenvalue weighted by Crippen LogP contribution is -2.45. The smallest absolute Gasteiger partial charge is 0.137 e. The SMILES string of the molecule is C[C@@H]1CN(Cc2c([C@H]3CCCNC3)[nH]c3ncccc23)C[C@@H](C)O1. The molecule has 0 aromatic carbocycles. The van der Waals surface area contributed by atoms with Gasteiger partial charge in [-0.15, -0.1) is 0 Å². The lowest BCUT2D eigenvalue weighted by Gasteiger charge is -2.35. The summed E-state index contributed by atoms with van der Waals surface area (Å²) >= 11 is 0. The molecule has 3 atom stereocenters. The van der Waals surface area contributed by atoms with Gasteiger partial charge in [0.2, 0.25) is 0 Å². The van der Waals surface area contributed by atoms with Crippen LogP contribution >= 0.6 is 0 Å². The van der Waals surface area contributed by atoms with Crippen LogP contribution < -0.4 is 5.32 Å². The van der Waals surface area contributed by atoms with Crippen LogP contribution in [0.1, 0.15) is 43.9 Å². The fourth-order valence-corrected chi connectivity index (χ4v) is 4.35. The summed E-state index contributed by atoms with van der Waals surface area (Å²) in [7, 11) is 0. The topological polar surface area (TPSA) is 53.2 Å². The monoisotopic (exact) mass is 328 g/mol. The van der Waals surface area contributed by atoms with Gasteiger partial charge in [0.25, 0.3) is 0 Å². The van der Waals surface area contributed by atoms with E-state index in [4.69, 9.17) is 4.74 Å². The van der Waals surface area contributed by atoms with E-state index in [0.29, 0.717) is 18.1 Å². The highest BCUT2D eigenvalue weighted by Gasteiger charge is 2.27. The number of hydrogen-bond acceptors (Lipinski definition) is 4. The summed E-state index contributed by atoms with van der Waals surface area (Å²) < 4.78 is 5.90. The summed E-state index contributed by atoms with van der Waals surface area (Å²) in [6.07, 6.45) is 4.99. The lowest BCUT2D eigenvalue weighted by molar-refractivity contribution is -0.0704. The number of nitrogens with one attached hydrogen (secondary N) is 2. The largest absolute Gasteiger partial charge is 0.373 e. The van der Waals surface area contributed by atoms with E-state index in [2.05, 4.69) is 40.1 Å². The van der Waals surface area contributed by atoms with Gasteiger partial charge in [0.1, 0.15) is 5.65 Å². The van der Waals surface area contributed by atoms with Crippen molar-refractivity contribution in [1.82, 2.24) is 20.2 Å². The Morgan fingerprint density at radius 1 is 1.29 bits per heavy atom. The van der Waals surface area contributed by atoms with Crippen molar-refractivity contribution in [3.8, 4) is 0 Å². The van der Waals surface area contributed by atoms with E-state index in [9.17, 15) is 0 Å². The molecule has 2 saturated heterocycles. The summed E-state index contributed by atoms with van der Waals surface area (Å²) in [5, 5.41) is 4.83. The third kappa shape index (κ3) is 3.21. The van der Waals surface area contributed by atoms with Crippen molar-refractivity contribution in [1.29, 1.82) is 0 Å². The van der Waals surface area contributed by atoms with Gasteiger partial charge in [-0.2, -0.15) is 0 Å². The van der Waals surface area contributed by atoms with Gasteiger partial charge in [-0.05, 0) is 50.9 Å². The maximum Gasteiger partial charge on any atom is 0.137 e. The molecule has 4 rings (SSSR count). The van der Waals surface area contributed by atoms with E-state index in [1.807, 2.05) is 12.3 Å². The van der Waals surface area contributed by atoms with E-state index in [-0.39, 0.29) is 0 Å². The fraction of sp³-hybridized carbons (Fsp3) is 0.632. The molecule has 0 unspecified atom stereocenters. The number of morpholine rings is 1. The Hall–Kier alpha value is -1.43. The molecule has 0 bridgehead atoms. The van der Waals surface area contributed by atoms with Gasteiger partial charge in [-0.1, -0.05) is 0 Å². The quantitative estimate of drug-likeness (QED) is 0.909. The molecule has 24 heavy (non-hydrogen) atoms. The lowest BCUT2D eigenvalue weighted by atomic mass is 9.93. The molecule has 2 fully saturated rings. The highest BCUT2D eigenvalue weighted by molar-refractivity contribution is 5.81. The third-order valence-electron chi connectivity index (χ3n) is 5.29. The Balaban J connectivity index is 1.67. The predicted molar refractivity (Wildman–Crippen MR) is 96.2 cm³/mol. The number of ether oxygens (including phenoxy) is 1. The van der Waals surface area contributed by atoms with Crippen LogP contribution in [0.2, 0.25) is 0 Å². The van der Waals surface area contributed by atoms with Crippen LogP contribution in [0.5, 0.6) is 0 Å². The molecular weight excluding hydrogens is 300 g/mol. The van der Waals surface area contributed by atoms with Gasteiger partial charge in [0.15, 0.2) is 0 Å². The van der Waals surface area contributed by atoms with Crippen molar-refractivity contribution >= 4 is 11.0 Å². The minimum atomic E-state index is 0.303. The van der Waals surface area contributed by atoms with Crippen LogP contribution in [0, 0.1) is 0 Å². The maximum absolute atomic E-state index is 5.90. The van der Waals surface area contributed by atoms with Crippen molar-refractivity contribution in [2.75, 3.05) is 26.2 Å². The first-order valence-electron chi connectivity index (χ1n) is 9.24. The van der Waals surface area contributed by atoms with Crippen LogP contribution in [0.15, 0.2) is 18.3 Å². The molecule has 0 radical (unpaired) electrons. The Labute approximate surface area is 143 Å². The number of fused-ring (bicyclic) bond motifs is 1. The zero-order valence-corrected chi connectivity index (χ0v) is 14.7. The molecule has 0 amide bonds. The normalized spacial score (nSPS) is 29.2. The molecule has 2 N–H and O–H groups in total. The van der Waals surface area contributed by atoms with E-state index in [0.717, 1.165) is 38.4 Å². The van der Waals surface area contributed by atoms with Crippen LogP contribution in [-0.2, 0) is 11.3 Å². The number of rotatable bonds is 3. The number of aromatic nitrogens is 2. The zero-order chi connectivity index (χ0) is 16.5. The number of hydrogen-bond donors (Lipinski definition) is 2. The molecule has 130 valence electrons. The van der Waals surface area contributed by atoms with Crippen LogP contribution in [0.4, 0.5) is 0 Å². The Bertz CT molecular complexity index is 682. The van der Waals surface area contributed by atoms with Gasteiger partial charge in [-0.3, -0.25) is 4.90 Å². The summed E-state index contributed by atoms with van der Waals surface area (Å²) in [4.78, 5) is 10.7.